The largest absolute Gasteiger partial charge is 0.478 e. The van der Waals surface area contributed by atoms with Gasteiger partial charge >= 0.3 is 12.0 Å². The fourth-order valence-corrected chi connectivity index (χ4v) is 2.60. The number of carboxylic acid groups (broad SMARTS) is 1. The second-order valence-electron chi connectivity index (χ2n) is 5.04. The van der Waals surface area contributed by atoms with Crippen LogP contribution in [0.15, 0.2) is 22.7 Å². The van der Waals surface area contributed by atoms with Crippen molar-refractivity contribution in [3.05, 3.63) is 28.2 Å². The number of aromatic carboxylic acids is 1. The maximum absolute atomic E-state index is 11.9. The molecule has 0 radical (unpaired) electrons. The molecule has 1 aromatic carbocycles. The number of urea groups is 1. The van der Waals surface area contributed by atoms with E-state index in [1.807, 2.05) is 0 Å². The number of carboxylic acids is 1. The number of hydrogen-bond donors (Lipinski definition) is 3. The molecule has 0 bridgehead atoms. The van der Waals surface area contributed by atoms with Gasteiger partial charge in [0.05, 0.1) is 16.9 Å². The van der Waals surface area contributed by atoms with Crippen molar-refractivity contribution in [2.45, 2.75) is 24.9 Å². The molecule has 21 heavy (non-hydrogen) atoms. The Labute approximate surface area is 131 Å². The SMILES string of the molecule is COC1(CNC(=O)Nc2ccc(Br)cc2C(=O)O)CCC1. The molecule has 1 saturated carbocycles. The predicted molar refractivity (Wildman–Crippen MR) is 81.7 cm³/mol. The molecule has 6 nitrogen and oxygen atoms in total. The quantitative estimate of drug-likeness (QED) is 0.756. The van der Waals surface area contributed by atoms with E-state index in [4.69, 9.17) is 9.84 Å². The first-order valence-electron chi connectivity index (χ1n) is 6.59. The van der Waals surface area contributed by atoms with Crippen molar-refractivity contribution in [1.82, 2.24) is 5.32 Å². The van der Waals surface area contributed by atoms with Crippen LogP contribution in [0.5, 0.6) is 0 Å². The van der Waals surface area contributed by atoms with Crippen LogP contribution in [0.3, 0.4) is 0 Å². The fourth-order valence-electron chi connectivity index (χ4n) is 2.23. The molecule has 3 N–H and O–H groups in total. The summed E-state index contributed by atoms with van der Waals surface area (Å²) in [4.78, 5) is 23.1. The Morgan fingerprint density at radius 1 is 1.43 bits per heavy atom. The Morgan fingerprint density at radius 3 is 2.67 bits per heavy atom. The average molecular weight is 357 g/mol. The minimum atomic E-state index is -1.10. The molecule has 0 saturated heterocycles. The summed E-state index contributed by atoms with van der Waals surface area (Å²) >= 11 is 3.21. The molecule has 0 atom stereocenters. The molecule has 1 aliphatic carbocycles. The Hall–Kier alpha value is -1.60. The summed E-state index contributed by atoms with van der Waals surface area (Å²) in [5, 5.41) is 14.4. The number of halogens is 1. The minimum Gasteiger partial charge on any atom is -0.478 e. The lowest BCUT2D eigenvalue weighted by atomic mass is 9.80. The van der Waals surface area contributed by atoms with Crippen LogP contribution in [-0.2, 0) is 4.74 Å². The van der Waals surface area contributed by atoms with Gasteiger partial charge in [-0.05, 0) is 37.5 Å². The van der Waals surface area contributed by atoms with Gasteiger partial charge in [0, 0.05) is 18.1 Å². The lowest BCUT2D eigenvalue weighted by molar-refractivity contribution is -0.0671. The zero-order chi connectivity index (χ0) is 15.5. The maximum atomic E-state index is 11.9. The second kappa shape index (κ2) is 6.44. The molecule has 1 fully saturated rings. The molecule has 7 heteroatoms. The van der Waals surface area contributed by atoms with Gasteiger partial charge in [-0.2, -0.15) is 0 Å². The third kappa shape index (κ3) is 3.74. The Balaban J connectivity index is 1.98. The summed E-state index contributed by atoms with van der Waals surface area (Å²) in [7, 11) is 1.63. The molecule has 0 aliphatic heterocycles. The van der Waals surface area contributed by atoms with Crippen molar-refractivity contribution in [2.75, 3.05) is 19.0 Å². The summed E-state index contributed by atoms with van der Waals surface area (Å²) in [6.45, 7) is 0.411. The van der Waals surface area contributed by atoms with Crippen LogP contribution in [0.25, 0.3) is 0 Å². The summed E-state index contributed by atoms with van der Waals surface area (Å²) in [6.07, 6.45) is 2.93. The van der Waals surface area contributed by atoms with Crippen molar-refractivity contribution >= 4 is 33.6 Å². The molecule has 0 unspecified atom stereocenters. The third-order valence-electron chi connectivity index (χ3n) is 3.73. The number of amides is 2. The Kier molecular flexibility index (Phi) is 4.84. The molecule has 1 aliphatic rings. The summed E-state index contributed by atoms with van der Waals surface area (Å²) < 4.78 is 6.05. The van der Waals surface area contributed by atoms with Crippen LogP contribution >= 0.6 is 15.9 Å². The standard InChI is InChI=1S/C14H17BrN2O4/c1-21-14(5-2-6-14)8-16-13(20)17-11-4-3-9(15)7-10(11)12(18)19/h3-4,7H,2,5-6,8H2,1H3,(H,18,19)(H2,16,17,20). The molecule has 114 valence electrons. The van der Waals surface area contributed by atoms with Gasteiger partial charge in [-0.25, -0.2) is 9.59 Å². The highest BCUT2D eigenvalue weighted by Crippen LogP contribution is 2.34. The van der Waals surface area contributed by atoms with Crippen LogP contribution in [0.2, 0.25) is 0 Å². The number of hydrogen-bond acceptors (Lipinski definition) is 3. The zero-order valence-electron chi connectivity index (χ0n) is 11.6. The van der Waals surface area contributed by atoms with Crippen molar-refractivity contribution in [2.24, 2.45) is 0 Å². The number of carbonyl (C=O) groups excluding carboxylic acids is 1. The van der Waals surface area contributed by atoms with Crippen molar-refractivity contribution in [1.29, 1.82) is 0 Å². The van der Waals surface area contributed by atoms with Gasteiger partial charge in [0.25, 0.3) is 0 Å². The molecule has 0 spiro atoms. The van der Waals surface area contributed by atoms with Gasteiger partial charge in [-0.15, -0.1) is 0 Å². The fraction of sp³-hybridized carbons (Fsp3) is 0.429. The summed E-state index contributed by atoms with van der Waals surface area (Å²) in [5.41, 5.74) is 0.0139. The van der Waals surface area contributed by atoms with Crippen LogP contribution < -0.4 is 10.6 Å². The number of anilines is 1. The summed E-state index contributed by atoms with van der Waals surface area (Å²) in [5.74, 6) is -1.10. The van der Waals surface area contributed by atoms with Gasteiger partial charge in [0.2, 0.25) is 0 Å². The number of benzene rings is 1. The average Bonchev–Trinajstić information content (AvgIpc) is 2.40. The highest BCUT2D eigenvalue weighted by atomic mass is 79.9. The van der Waals surface area contributed by atoms with Gasteiger partial charge < -0.3 is 20.5 Å². The van der Waals surface area contributed by atoms with Gasteiger partial charge in [0.1, 0.15) is 0 Å². The monoisotopic (exact) mass is 356 g/mol. The molecule has 0 heterocycles. The molecule has 2 rings (SSSR count). The first-order valence-corrected chi connectivity index (χ1v) is 7.38. The van der Waals surface area contributed by atoms with Crippen LogP contribution in [0.1, 0.15) is 29.6 Å². The van der Waals surface area contributed by atoms with E-state index in [1.54, 1.807) is 19.2 Å². The third-order valence-corrected chi connectivity index (χ3v) is 4.22. The van der Waals surface area contributed by atoms with E-state index in [9.17, 15) is 9.59 Å². The van der Waals surface area contributed by atoms with Crippen molar-refractivity contribution in [3.63, 3.8) is 0 Å². The molecule has 2 amide bonds. The van der Waals surface area contributed by atoms with E-state index in [0.717, 1.165) is 19.3 Å². The number of ether oxygens (including phenoxy) is 1. The van der Waals surface area contributed by atoms with E-state index in [-0.39, 0.29) is 16.9 Å². The Bertz CT molecular complexity index is 552. The highest BCUT2D eigenvalue weighted by molar-refractivity contribution is 9.10. The van der Waals surface area contributed by atoms with E-state index in [0.29, 0.717) is 11.0 Å². The number of methoxy groups -OCH3 is 1. The predicted octanol–water partition coefficient (Wildman–Crippen LogP) is 2.84. The smallest absolute Gasteiger partial charge is 0.337 e. The molecule has 1 aromatic rings. The topological polar surface area (TPSA) is 87.7 Å². The van der Waals surface area contributed by atoms with Crippen molar-refractivity contribution in [3.8, 4) is 0 Å². The maximum Gasteiger partial charge on any atom is 0.337 e. The normalized spacial score (nSPS) is 15.9. The lowest BCUT2D eigenvalue weighted by Crippen LogP contribution is -2.50. The van der Waals surface area contributed by atoms with E-state index >= 15 is 0 Å². The minimum absolute atomic E-state index is 0.0321. The van der Waals surface area contributed by atoms with Gasteiger partial charge in [-0.3, -0.25) is 0 Å². The molecular weight excluding hydrogens is 340 g/mol. The molecular formula is C14H17BrN2O4. The van der Waals surface area contributed by atoms with Crippen molar-refractivity contribution < 1.29 is 19.4 Å². The summed E-state index contributed by atoms with van der Waals surface area (Å²) in [6, 6.07) is 4.22. The van der Waals surface area contributed by atoms with Crippen LogP contribution in [0.4, 0.5) is 10.5 Å². The number of rotatable bonds is 5. The van der Waals surface area contributed by atoms with E-state index in [1.165, 1.54) is 6.07 Å². The van der Waals surface area contributed by atoms with Gasteiger partial charge in [-0.1, -0.05) is 15.9 Å². The second-order valence-corrected chi connectivity index (χ2v) is 5.96. The van der Waals surface area contributed by atoms with Crippen LogP contribution in [0, 0.1) is 0 Å². The molecule has 0 aromatic heterocycles. The first kappa shape index (κ1) is 15.8. The lowest BCUT2D eigenvalue weighted by Gasteiger charge is -2.40. The van der Waals surface area contributed by atoms with E-state index < -0.39 is 12.0 Å². The number of nitrogens with one attached hydrogen (secondary N) is 2. The first-order chi connectivity index (χ1) is 9.96. The highest BCUT2D eigenvalue weighted by Gasteiger charge is 2.37. The number of carbonyl (C=O) groups is 2. The Morgan fingerprint density at radius 2 is 2.14 bits per heavy atom. The zero-order valence-corrected chi connectivity index (χ0v) is 13.2. The van der Waals surface area contributed by atoms with Crippen LogP contribution in [-0.4, -0.2) is 36.4 Å². The van der Waals surface area contributed by atoms with E-state index in [2.05, 4.69) is 26.6 Å². The van der Waals surface area contributed by atoms with Gasteiger partial charge in [0.15, 0.2) is 0 Å².